The molecule has 2 N–H and O–H groups in total. The van der Waals surface area contributed by atoms with Crippen molar-refractivity contribution in [1.82, 2.24) is 0 Å². The van der Waals surface area contributed by atoms with E-state index in [-0.39, 0.29) is 0 Å². The molecule has 0 fully saturated rings. The van der Waals surface area contributed by atoms with Gasteiger partial charge in [-0.1, -0.05) is 10.3 Å². The van der Waals surface area contributed by atoms with E-state index >= 15 is 0 Å². The van der Waals surface area contributed by atoms with E-state index in [4.69, 9.17) is 10.2 Å². The van der Waals surface area contributed by atoms with Gasteiger partial charge in [0, 0.05) is 0 Å². The molecule has 0 aliphatic heterocycles. The van der Waals surface area contributed by atoms with Crippen LogP contribution in [-0.2, 0) is 19.3 Å². The summed E-state index contributed by atoms with van der Waals surface area (Å²) in [4.78, 5) is 29.0. The lowest BCUT2D eigenvalue weighted by molar-refractivity contribution is -0.143. The Morgan fingerprint density at radius 1 is 0.938 bits per heavy atom. The average Bonchev–Trinajstić information content (AvgIpc) is 2.16. The van der Waals surface area contributed by atoms with Gasteiger partial charge >= 0.3 is 11.9 Å². The van der Waals surface area contributed by atoms with Crippen LogP contribution in [0.25, 0.3) is 0 Å². The summed E-state index contributed by atoms with van der Waals surface area (Å²) in [6.07, 6.45) is 0. The SMILES string of the molecule is CC(=N\OCC(=O)O)/C(C)=N/OCC(=O)O. The van der Waals surface area contributed by atoms with Gasteiger partial charge in [-0.15, -0.1) is 0 Å². The zero-order valence-electron chi connectivity index (χ0n) is 8.84. The summed E-state index contributed by atoms with van der Waals surface area (Å²) in [7, 11) is 0. The minimum absolute atomic E-state index is 0.298. The highest BCUT2D eigenvalue weighted by Gasteiger charge is 2.01. The monoisotopic (exact) mass is 232 g/mol. The second-order valence-electron chi connectivity index (χ2n) is 2.69. The predicted octanol–water partition coefficient (Wildman–Crippen LogP) is -0.0594. The number of carboxylic acids is 2. The van der Waals surface area contributed by atoms with Crippen molar-refractivity contribution in [2.45, 2.75) is 13.8 Å². The predicted molar refractivity (Wildman–Crippen MR) is 53.4 cm³/mol. The molecule has 0 aromatic carbocycles. The van der Waals surface area contributed by atoms with Crippen molar-refractivity contribution in [3.8, 4) is 0 Å². The minimum Gasteiger partial charge on any atom is -0.479 e. The average molecular weight is 232 g/mol. The van der Waals surface area contributed by atoms with Gasteiger partial charge < -0.3 is 19.9 Å². The second kappa shape index (κ2) is 7.21. The third kappa shape index (κ3) is 7.30. The van der Waals surface area contributed by atoms with Crippen molar-refractivity contribution in [2.75, 3.05) is 13.2 Å². The topological polar surface area (TPSA) is 118 Å². The summed E-state index contributed by atoms with van der Waals surface area (Å²) in [5, 5.41) is 23.4. The molecule has 0 aromatic rings. The molecule has 0 atom stereocenters. The fourth-order valence-corrected chi connectivity index (χ4v) is 0.501. The largest absolute Gasteiger partial charge is 0.479 e. The maximum Gasteiger partial charge on any atom is 0.344 e. The van der Waals surface area contributed by atoms with E-state index in [1.165, 1.54) is 13.8 Å². The normalized spacial score (nSPS) is 12.1. The summed E-state index contributed by atoms with van der Waals surface area (Å²) in [5.41, 5.74) is 0.596. The third-order valence-electron chi connectivity index (χ3n) is 1.30. The highest BCUT2D eigenvalue weighted by atomic mass is 16.6. The molecule has 0 radical (unpaired) electrons. The van der Waals surface area contributed by atoms with Crippen LogP contribution < -0.4 is 0 Å². The van der Waals surface area contributed by atoms with Crippen LogP contribution in [0.1, 0.15) is 13.8 Å². The van der Waals surface area contributed by atoms with Crippen LogP contribution in [-0.4, -0.2) is 46.8 Å². The van der Waals surface area contributed by atoms with Gasteiger partial charge in [0.1, 0.15) is 11.4 Å². The molecule has 0 spiro atoms. The molecule has 90 valence electrons. The van der Waals surface area contributed by atoms with E-state index in [2.05, 4.69) is 20.0 Å². The number of nitrogens with zero attached hydrogens (tertiary/aromatic N) is 2. The van der Waals surface area contributed by atoms with Crippen molar-refractivity contribution >= 4 is 23.4 Å². The van der Waals surface area contributed by atoms with Crippen LogP contribution in [0.3, 0.4) is 0 Å². The summed E-state index contributed by atoms with van der Waals surface area (Å²) in [6.45, 7) is 1.93. The molecule has 0 aliphatic carbocycles. The quantitative estimate of drug-likeness (QED) is 0.469. The van der Waals surface area contributed by atoms with Crippen LogP contribution in [0, 0.1) is 0 Å². The van der Waals surface area contributed by atoms with Gasteiger partial charge in [-0.25, -0.2) is 9.59 Å². The number of aliphatic carboxylic acids is 2. The molecule has 0 unspecified atom stereocenters. The molecule has 0 aromatic heterocycles. The molecule has 8 heteroatoms. The minimum atomic E-state index is -1.15. The van der Waals surface area contributed by atoms with Crippen molar-refractivity contribution in [1.29, 1.82) is 0 Å². The number of rotatable bonds is 7. The molecule has 16 heavy (non-hydrogen) atoms. The molecule has 0 bridgehead atoms. The number of hydrogen-bond donors (Lipinski definition) is 2. The smallest absolute Gasteiger partial charge is 0.344 e. The van der Waals surface area contributed by atoms with E-state index in [1.54, 1.807) is 0 Å². The third-order valence-corrected chi connectivity index (χ3v) is 1.30. The Balaban J connectivity index is 4.09. The number of hydrogen-bond acceptors (Lipinski definition) is 6. The van der Waals surface area contributed by atoms with Crippen LogP contribution in [0.15, 0.2) is 10.3 Å². The van der Waals surface area contributed by atoms with Gasteiger partial charge in [-0.2, -0.15) is 0 Å². The van der Waals surface area contributed by atoms with Crippen molar-refractivity contribution in [3.05, 3.63) is 0 Å². The van der Waals surface area contributed by atoms with Gasteiger partial charge in [0.15, 0.2) is 0 Å². The van der Waals surface area contributed by atoms with E-state index in [9.17, 15) is 9.59 Å². The summed E-state index contributed by atoms with van der Waals surface area (Å²) >= 11 is 0. The lowest BCUT2D eigenvalue weighted by Gasteiger charge is -1.99. The number of carboxylic acid groups (broad SMARTS) is 2. The Bertz CT molecular complexity index is 290. The van der Waals surface area contributed by atoms with Gasteiger partial charge in [0.05, 0.1) is 0 Å². The lowest BCUT2D eigenvalue weighted by Crippen LogP contribution is -2.11. The van der Waals surface area contributed by atoms with Gasteiger partial charge in [0.2, 0.25) is 13.2 Å². The second-order valence-corrected chi connectivity index (χ2v) is 2.69. The molecule has 0 aliphatic rings. The van der Waals surface area contributed by atoms with Crippen molar-refractivity contribution in [2.24, 2.45) is 10.3 Å². The van der Waals surface area contributed by atoms with Gasteiger partial charge in [-0.3, -0.25) is 0 Å². The molecular weight excluding hydrogens is 220 g/mol. The van der Waals surface area contributed by atoms with Crippen LogP contribution >= 0.6 is 0 Å². The first kappa shape index (κ1) is 13.9. The molecule has 0 saturated heterocycles. The fourth-order valence-electron chi connectivity index (χ4n) is 0.501. The maximum atomic E-state index is 10.1. The molecule has 0 amide bonds. The fraction of sp³-hybridized carbons (Fsp3) is 0.500. The molecule has 0 rings (SSSR count). The Hall–Kier alpha value is -2.12. The van der Waals surface area contributed by atoms with E-state index in [0.717, 1.165) is 0 Å². The van der Waals surface area contributed by atoms with Gasteiger partial charge in [0.25, 0.3) is 0 Å². The van der Waals surface area contributed by atoms with E-state index < -0.39 is 25.2 Å². The first-order valence-corrected chi connectivity index (χ1v) is 4.20. The Labute approximate surface area is 91.1 Å². The molecular formula is C8H12N2O6. The highest BCUT2D eigenvalue weighted by molar-refractivity contribution is 6.40. The van der Waals surface area contributed by atoms with Gasteiger partial charge in [-0.05, 0) is 13.8 Å². The zero-order valence-corrected chi connectivity index (χ0v) is 8.84. The van der Waals surface area contributed by atoms with E-state index in [1.807, 2.05) is 0 Å². The Morgan fingerprint density at radius 3 is 1.50 bits per heavy atom. The van der Waals surface area contributed by atoms with Crippen LogP contribution in [0.5, 0.6) is 0 Å². The first-order chi connectivity index (χ1) is 7.43. The highest BCUT2D eigenvalue weighted by Crippen LogP contribution is 1.88. The summed E-state index contributed by atoms with van der Waals surface area (Å²) in [6, 6.07) is 0. The van der Waals surface area contributed by atoms with Crippen molar-refractivity contribution in [3.63, 3.8) is 0 Å². The van der Waals surface area contributed by atoms with Crippen LogP contribution in [0.2, 0.25) is 0 Å². The Kier molecular flexibility index (Phi) is 6.25. The molecule has 0 heterocycles. The Morgan fingerprint density at radius 2 is 1.25 bits per heavy atom. The van der Waals surface area contributed by atoms with Crippen LogP contribution in [0.4, 0.5) is 0 Å². The first-order valence-electron chi connectivity index (χ1n) is 4.20. The maximum absolute atomic E-state index is 10.1. The lowest BCUT2D eigenvalue weighted by atomic mass is 10.3. The van der Waals surface area contributed by atoms with Crippen molar-refractivity contribution < 1.29 is 29.5 Å². The molecule has 0 saturated carbocycles. The summed E-state index contributed by atoms with van der Waals surface area (Å²) in [5.74, 6) is -2.29. The summed E-state index contributed by atoms with van der Waals surface area (Å²) < 4.78 is 0. The molecule has 8 nitrogen and oxygen atoms in total. The number of oxime groups is 2. The number of carbonyl (C=O) groups is 2. The zero-order chi connectivity index (χ0) is 12.6. The van der Waals surface area contributed by atoms with E-state index in [0.29, 0.717) is 11.4 Å². The standard InChI is InChI=1S/C8H12N2O6/c1-5(9-15-3-7(11)12)6(2)10-16-4-8(13)14/h3-4H2,1-2H3,(H,11,12)(H,13,14)/b9-5+,10-6+.